The third-order valence-electron chi connectivity index (χ3n) is 2.59. The third-order valence-corrected chi connectivity index (χ3v) is 3.72. The summed E-state index contributed by atoms with van der Waals surface area (Å²) >= 11 is 8.68. The Labute approximate surface area is 120 Å². The minimum atomic E-state index is -0.0118. The van der Waals surface area contributed by atoms with Crippen molar-refractivity contribution in [3.8, 4) is 0 Å². The Morgan fingerprint density at radius 2 is 1.88 bits per heavy atom. The highest BCUT2D eigenvalue weighted by molar-refractivity contribution is 14.1. The van der Waals surface area contributed by atoms with E-state index >= 15 is 0 Å². The summed E-state index contributed by atoms with van der Waals surface area (Å²) in [4.78, 5) is 4.38. The van der Waals surface area contributed by atoms with E-state index in [9.17, 15) is 0 Å². The lowest BCUT2D eigenvalue weighted by molar-refractivity contribution is 0.878. The number of benzene rings is 1. The van der Waals surface area contributed by atoms with E-state index in [-0.39, 0.29) is 5.38 Å². The number of hydrogen-bond acceptors (Lipinski definition) is 1. The van der Waals surface area contributed by atoms with Crippen LogP contribution in [0.5, 0.6) is 0 Å². The largest absolute Gasteiger partial charge is 0.261 e. The van der Waals surface area contributed by atoms with Crippen molar-refractivity contribution in [2.75, 3.05) is 0 Å². The molecule has 2 rings (SSSR count). The number of halogens is 2. The van der Waals surface area contributed by atoms with Crippen LogP contribution in [0.25, 0.3) is 0 Å². The van der Waals surface area contributed by atoms with E-state index in [1.54, 1.807) is 0 Å². The Hall–Kier alpha value is -0.610. The van der Waals surface area contributed by atoms with Crippen molar-refractivity contribution in [2.24, 2.45) is 0 Å². The summed E-state index contributed by atoms with van der Waals surface area (Å²) in [7, 11) is 0. The molecule has 1 aromatic heterocycles. The van der Waals surface area contributed by atoms with Crippen LogP contribution in [0.1, 0.15) is 22.2 Å². The lowest BCUT2D eigenvalue weighted by atomic mass is 10.1. The Kier molecular flexibility index (Phi) is 4.40. The molecule has 0 bridgehead atoms. The number of aromatic nitrogens is 1. The van der Waals surface area contributed by atoms with Gasteiger partial charge in [-0.05, 0) is 58.8 Å². The van der Waals surface area contributed by atoms with Crippen molar-refractivity contribution < 1.29 is 0 Å². The van der Waals surface area contributed by atoms with Crippen LogP contribution in [-0.2, 0) is 6.42 Å². The van der Waals surface area contributed by atoms with Crippen molar-refractivity contribution in [1.29, 1.82) is 0 Å². The van der Waals surface area contributed by atoms with Crippen LogP contribution in [-0.4, -0.2) is 4.98 Å². The fraction of sp³-hybridized carbons (Fsp3) is 0.214. The van der Waals surface area contributed by atoms with Crippen LogP contribution >= 0.6 is 34.2 Å². The molecule has 3 heteroatoms. The maximum absolute atomic E-state index is 6.39. The van der Waals surface area contributed by atoms with E-state index in [0.717, 1.165) is 17.7 Å². The van der Waals surface area contributed by atoms with Gasteiger partial charge < -0.3 is 0 Å². The van der Waals surface area contributed by atoms with Gasteiger partial charge in [0.25, 0.3) is 0 Å². The molecule has 1 unspecified atom stereocenters. The minimum absolute atomic E-state index is 0.0118. The number of pyridine rings is 1. The first-order valence-corrected chi connectivity index (χ1v) is 6.98. The van der Waals surface area contributed by atoms with Gasteiger partial charge >= 0.3 is 0 Å². The fourth-order valence-corrected chi connectivity index (χ4v) is 2.26. The molecule has 1 aromatic carbocycles. The molecule has 1 nitrogen and oxygen atoms in total. The average Bonchev–Trinajstić information content (AvgIpc) is 2.33. The number of alkyl halides is 1. The maximum Gasteiger partial charge on any atom is 0.0640 e. The number of nitrogens with zero attached hydrogens (tertiary/aromatic N) is 1. The SMILES string of the molecule is Cc1ccc(CC(Cl)c2ccc(I)cc2)nc1. The zero-order chi connectivity index (χ0) is 12.3. The molecule has 17 heavy (non-hydrogen) atoms. The predicted octanol–water partition coefficient (Wildman–Crippen LogP) is 4.52. The van der Waals surface area contributed by atoms with Gasteiger partial charge in [-0.25, -0.2) is 0 Å². The van der Waals surface area contributed by atoms with Crippen molar-refractivity contribution >= 4 is 34.2 Å². The maximum atomic E-state index is 6.39. The molecule has 0 fully saturated rings. The van der Waals surface area contributed by atoms with Crippen molar-refractivity contribution in [2.45, 2.75) is 18.7 Å². The molecule has 0 N–H and O–H groups in total. The van der Waals surface area contributed by atoms with Crippen molar-refractivity contribution in [1.82, 2.24) is 4.98 Å². The standard InChI is InChI=1S/C14H13ClIN/c1-10-2-7-13(17-9-10)8-14(15)11-3-5-12(16)6-4-11/h2-7,9,14H,8H2,1H3. The Balaban J connectivity index is 2.08. The van der Waals surface area contributed by atoms with Gasteiger partial charge in [0.05, 0.1) is 5.38 Å². The molecule has 0 aliphatic carbocycles. The highest BCUT2D eigenvalue weighted by Crippen LogP contribution is 2.24. The van der Waals surface area contributed by atoms with Crippen molar-refractivity contribution in [3.63, 3.8) is 0 Å². The molecule has 88 valence electrons. The predicted molar refractivity (Wildman–Crippen MR) is 80.4 cm³/mol. The molecule has 1 heterocycles. The van der Waals surface area contributed by atoms with Crippen LogP contribution < -0.4 is 0 Å². The molecule has 0 radical (unpaired) electrons. The highest BCUT2D eigenvalue weighted by Gasteiger charge is 2.09. The fourth-order valence-electron chi connectivity index (χ4n) is 1.59. The quantitative estimate of drug-likeness (QED) is 0.581. The van der Waals surface area contributed by atoms with E-state index < -0.39 is 0 Å². The normalized spacial score (nSPS) is 12.4. The summed E-state index contributed by atoms with van der Waals surface area (Å²) < 4.78 is 1.23. The summed E-state index contributed by atoms with van der Waals surface area (Å²) in [6, 6.07) is 12.4. The van der Waals surface area contributed by atoms with E-state index in [4.69, 9.17) is 11.6 Å². The van der Waals surface area contributed by atoms with Crippen LogP contribution in [0.15, 0.2) is 42.6 Å². The van der Waals surface area contributed by atoms with Gasteiger partial charge in [0.15, 0.2) is 0 Å². The second-order valence-electron chi connectivity index (χ2n) is 4.05. The summed E-state index contributed by atoms with van der Waals surface area (Å²) in [5, 5.41) is -0.0118. The molecule has 0 aliphatic rings. The van der Waals surface area contributed by atoms with E-state index in [0.29, 0.717) is 0 Å². The molecular formula is C14H13ClIN. The third kappa shape index (κ3) is 3.68. The van der Waals surface area contributed by atoms with Gasteiger partial charge in [-0.2, -0.15) is 0 Å². The van der Waals surface area contributed by atoms with Gasteiger partial charge in [0, 0.05) is 21.9 Å². The first kappa shape index (κ1) is 12.8. The smallest absolute Gasteiger partial charge is 0.0640 e. The average molecular weight is 358 g/mol. The molecule has 1 atom stereocenters. The van der Waals surface area contributed by atoms with E-state index in [1.165, 1.54) is 9.13 Å². The van der Waals surface area contributed by atoms with Gasteiger partial charge in [0.2, 0.25) is 0 Å². The Bertz CT molecular complexity index is 479. The van der Waals surface area contributed by atoms with Crippen molar-refractivity contribution in [3.05, 3.63) is 63.0 Å². The molecule has 2 aromatic rings. The number of aryl methyl sites for hydroxylation is 1. The second kappa shape index (κ2) is 5.83. The molecule has 0 amide bonds. The zero-order valence-corrected chi connectivity index (χ0v) is 12.4. The minimum Gasteiger partial charge on any atom is -0.261 e. The van der Waals surface area contributed by atoms with E-state index in [1.807, 2.05) is 19.2 Å². The lowest BCUT2D eigenvalue weighted by Crippen LogP contribution is -1.98. The van der Waals surface area contributed by atoms with Crippen LogP contribution in [0.2, 0.25) is 0 Å². The summed E-state index contributed by atoms with van der Waals surface area (Å²) in [6.45, 7) is 2.04. The van der Waals surface area contributed by atoms with Gasteiger partial charge in [-0.3, -0.25) is 4.98 Å². The first-order chi connectivity index (χ1) is 8.15. The molecule has 0 aliphatic heterocycles. The van der Waals surface area contributed by atoms with E-state index in [2.05, 4.69) is 57.9 Å². The number of rotatable bonds is 3. The Morgan fingerprint density at radius 3 is 2.47 bits per heavy atom. The van der Waals surface area contributed by atoms with Gasteiger partial charge in [-0.1, -0.05) is 18.2 Å². The molecule has 0 saturated heterocycles. The lowest BCUT2D eigenvalue weighted by Gasteiger charge is -2.09. The Morgan fingerprint density at radius 1 is 1.18 bits per heavy atom. The molecule has 0 saturated carbocycles. The topological polar surface area (TPSA) is 12.9 Å². The van der Waals surface area contributed by atoms with Crippen LogP contribution in [0.3, 0.4) is 0 Å². The highest BCUT2D eigenvalue weighted by atomic mass is 127. The van der Waals surface area contributed by atoms with Gasteiger partial charge in [0.1, 0.15) is 0 Å². The summed E-state index contributed by atoms with van der Waals surface area (Å²) in [6.07, 6.45) is 2.65. The summed E-state index contributed by atoms with van der Waals surface area (Å²) in [5.41, 5.74) is 3.36. The first-order valence-electron chi connectivity index (χ1n) is 5.46. The summed E-state index contributed by atoms with van der Waals surface area (Å²) in [5.74, 6) is 0. The molecular weight excluding hydrogens is 345 g/mol. The second-order valence-corrected chi connectivity index (χ2v) is 5.82. The van der Waals surface area contributed by atoms with Crippen LogP contribution in [0.4, 0.5) is 0 Å². The zero-order valence-electron chi connectivity index (χ0n) is 9.53. The number of hydrogen-bond donors (Lipinski definition) is 0. The van der Waals surface area contributed by atoms with Crippen LogP contribution in [0, 0.1) is 10.5 Å². The molecule has 0 spiro atoms. The van der Waals surface area contributed by atoms with Gasteiger partial charge in [-0.15, -0.1) is 11.6 Å². The monoisotopic (exact) mass is 357 g/mol.